The molecule has 0 aromatic heterocycles. The van der Waals surface area contributed by atoms with E-state index in [2.05, 4.69) is 5.32 Å². The van der Waals surface area contributed by atoms with Crippen molar-refractivity contribution < 1.29 is 19.7 Å². The first-order valence-corrected chi connectivity index (χ1v) is 5.93. The number of hydrogen-bond donors (Lipinski definition) is 3. The van der Waals surface area contributed by atoms with E-state index in [1.165, 1.54) is 0 Å². The molecule has 0 radical (unpaired) electrons. The number of carboxylic acids is 1. The van der Waals surface area contributed by atoms with Gasteiger partial charge in [-0.15, -0.1) is 0 Å². The van der Waals surface area contributed by atoms with Crippen molar-refractivity contribution in [1.82, 2.24) is 5.32 Å². The lowest BCUT2D eigenvalue weighted by Gasteiger charge is -2.21. The second-order valence-electron chi connectivity index (χ2n) is 4.59. The maximum Gasteiger partial charge on any atom is 0.336 e. The third-order valence-electron chi connectivity index (χ3n) is 3.10. The average molecular weight is 251 g/mol. The summed E-state index contributed by atoms with van der Waals surface area (Å²) in [6.45, 7) is 1.73. The van der Waals surface area contributed by atoms with Crippen LogP contribution < -0.4 is 5.32 Å². The predicted octanol–water partition coefficient (Wildman–Crippen LogP) is 0.626. The second kappa shape index (κ2) is 5.48. The van der Waals surface area contributed by atoms with Crippen molar-refractivity contribution in [2.75, 3.05) is 19.8 Å². The number of aromatic carboxylic acids is 1. The largest absolute Gasteiger partial charge is 0.478 e. The Kier molecular flexibility index (Phi) is 3.96. The summed E-state index contributed by atoms with van der Waals surface area (Å²) in [6.07, 6.45) is 0.612. The van der Waals surface area contributed by atoms with Crippen LogP contribution in [0.25, 0.3) is 0 Å². The van der Waals surface area contributed by atoms with Gasteiger partial charge in [0.1, 0.15) is 5.60 Å². The first kappa shape index (κ1) is 13.0. The van der Waals surface area contributed by atoms with E-state index >= 15 is 0 Å². The topological polar surface area (TPSA) is 78.8 Å². The number of nitrogens with one attached hydrogen (secondary N) is 1. The zero-order valence-electron chi connectivity index (χ0n) is 10.1. The molecule has 1 heterocycles. The molecule has 18 heavy (non-hydrogen) atoms. The molecular formula is C13H17NO4. The van der Waals surface area contributed by atoms with Crippen LogP contribution in [0, 0.1) is 0 Å². The van der Waals surface area contributed by atoms with Gasteiger partial charge in [-0.1, -0.05) is 18.2 Å². The van der Waals surface area contributed by atoms with Crippen LogP contribution in [0.3, 0.4) is 0 Å². The number of rotatable bonds is 5. The summed E-state index contributed by atoms with van der Waals surface area (Å²) in [4.78, 5) is 11.0. The smallest absolute Gasteiger partial charge is 0.336 e. The second-order valence-corrected chi connectivity index (χ2v) is 4.59. The lowest BCUT2D eigenvalue weighted by molar-refractivity contribution is 0.0268. The van der Waals surface area contributed by atoms with E-state index in [4.69, 9.17) is 9.84 Å². The maximum atomic E-state index is 11.0. The van der Waals surface area contributed by atoms with Gasteiger partial charge in [0.05, 0.1) is 12.2 Å². The van der Waals surface area contributed by atoms with Crippen LogP contribution in [0.5, 0.6) is 0 Å². The Morgan fingerprint density at radius 3 is 2.89 bits per heavy atom. The van der Waals surface area contributed by atoms with Crippen LogP contribution in [-0.2, 0) is 11.3 Å². The van der Waals surface area contributed by atoms with Crippen molar-refractivity contribution in [3.8, 4) is 0 Å². The fourth-order valence-electron chi connectivity index (χ4n) is 2.05. The molecule has 1 fully saturated rings. The summed E-state index contributed by atoms with van der Waals surface area (Å²) in [5.41, 5.74) is 0.185. The molecule has 98 valence electrons. The van der Waals surface area contributed by atoms with Crippen molar-refractivity contribution >= 4 is 5.97 Å². The fourth-order valence-corrected chi connectivity index (χ4v) is 2.05. The molecule has 0 amide bonds. The fraction of sp³-hybridized carbons (Fsp3) is 0.462. The molecular weight excluding hydrogens is 234 g/mol. The van der Waals surface area contributed by atoms with E-state index in [9.17, 15) is 9.90 Å². The van der Waals surface area contributed by atoms with Crippen LogP contribution in [0.4, 0.5) is 0 Å². The van der Waals surface area contributed by atoms with Gasteiger partial charge in [-0.05, 0) is 11.6 Å². The molecule has 0 saturated carbocycles. The van der Waals surface area contributed by atoms with Gasteiger partial charge >= 0.3 is 5.97 Å². The van der Waals surface area contributed by atoms with Gasteiger partial charge in [-0.25, -0.2) is 4.79 Å². The number of hydrogen-bond acceptors (Lipinski definition) is 4. The van der Waals surface area contributed by atoms with Gasteiger partial charge in [-0.2, -0.15) is 0 Å². The van der Waals surface area contributed by atoms with Crippen molar-refractivity contribution in [3.05, 3.63) is 35.4 Å². The van der Waals surface area contributed by atoms with Crippen LogP contribution in [-0.4, -0.2) is 41.5 Å². The highest BCUT2D eigenvalue weighted by molar-refractivity contribution is 5.89. The SMILES string of the molecule is O=C(O)c1ccccc1CNCC1(O)CCOC1. The maximum absolute atomic E-state index is 11.0. The molecule has 1 aliphatic rings. The predicted molar refractivity (Wildman–Crippen MR) is 65.5 cm³/mol. The Bertz CT molecular complexity index is 427. The van der Waals surface area contributed by atoms with Crippen molar-refractivity contribution in [2.24, 2.45) is 0 Å². The highest BCUT2D eigenvalue weighted by Gasteiger charge is 2.31. The molecule has 1 saturated heterocycles. The number of carboxylic acid groups (broad SMARTS) is 1. The van der Waals surface area contributed by atoms with Crippen LogP contribution in [0.15, 0.2) is 24.3 Å². The minimum Gasteiger partial charge on any atom is -0.478 e. The number of aliphatic hydroxyl groups is 1. The Morgan fingerprint density at radius 1 is 1.44 bits per heavy atom. The summed E-state index contributed by atoms with van der Waals surface area (Å²) in [7, 11) is 0. The summed E-state index contributed by atoms with van der Waals surface area (Å²) in [5.74, 6) is -0.935. The van der Waals surface area contributed by atoms with E-state index in [0.29, 0.717) is 43.9 Å². The molecule has 5 nitrogen and oxygen atoms in total. The minimum atomic E-state index is -0.935. The van der Waals surface area contributed by atoms with Gasteiger partial charge in [0, 0.05) is 26.1 Å². The highest BCUT2D eigenvalue weighted by atomic mass is 16.5. The van der Waals surface area contributed by atoms with Crippen LogP contribution >= 0.6 is 0 Å². The lowest BCUT2D eigenvalue weighted by Crippen LogP contribution is -2.40. The first-order valence-electron chi connectivity index (χ1n) is 5.93. The van der Waals surface area contributed by atoms with Gasteiger partial charge in [0.15, 0.2) is 0 Å². The lowest BCUT2D eigenvalue weighted by atomic mass is 10.0. The summed E-state index contributed by atoms with van der Waals surface area (Å²) in [5, 5.41) is 22.2. The molecule has 0 aliphatic carbocycles. The monoisotopic (exact) mass is 251 g/mol. The number of ether oxygens (including phenoxy) is 1. The molecule has 1 aliphatic heterocycles. The third-order valence-corrected chi connectivity index (χ3v) is 3.10. The number of benzene rings is 1. The molecule has 1 unspecified atom stereocenters. The van der Waals surface area contributed by atoms with Gasteiger partial charge in [-0.3, -0.25) is 0 Å². The molecule has 1 aromatic carbocycles. The molecule has 0 spiro atoms. The molecule has 3 N–H and O–H groups in total. The highest BCUT2D eigenvalue weighted by Crippen LogP contribution is 2.17. The van der Waals surface area contributed by atoms with Crippen molar-refractivity contribution in [2.45, 2.75) is 18.6 Å². The van der Waals surface area contributed by atoms with E-state index in [1.54, 1.807) is 24.3 Å². The van der Waals surface area contributed by atoms with Gasteiger partial charge in [0.25, 0.3) is 0 Å². The Morgan fingerprint density at radius 2 is 2.22 bits per heavy atom. The van der Waals surface area contributed by atoms with Crippen molar-refractivity contribution in [1.29, 1.82) is 0 Å². The number of carbonyl (C=O) groups is 1. The first-order chi connectivity index (χ1) is 8.61. The average Bonchev–Trinajstić information content (AvgIpc) is 2.77. The van der Waals surface area contributed by atoms with Crippen LogP contribution in [0.1, 0.15) is 22.3 Å². The Hall–Kier alpha value is -1.43. The summed E-state index contributed by atoms with van der Waals surface area (Å²) < 4.78 is 5.14. The molecule has 1 atom stereocenters. The zero-order valence-corrected chi connectivity index (χ0v) is 10.1. The van der Waals surface area contributed by atoms with Gasteiger partial charge < -0.3 is 20.3 Å². The summed E-state index contributed by atoms with van der Waals surface area (Å²) in [6, 6.07) is 6.85. The van der Waals surface area contributed by atoms with Gasteiger partial charge in [0.2, 0.25) is 0 Å². The molecule has 2 rings (SSSR count). The molecule has 5 heteroatoms. The minimum absolute atomic E-state index is 0.291. The Balaban J connectivity index is 1.92. The zero-order chi connectivity index (χ0) is 13.0. The van der Waals surface area contributed by atoms with E-state index in [1.807, 2.05) is 0 Å². The molecule has 0 bridgehead atoms. The third kappa shape index (κ3) is 3.07. The van der Waals surface area contributed by atoms with E-state index < -0.39 is 11.6 Å². The molecule has 1 aromatic rings. The van der Waals surface area contributed by atoms with Crippen LogP contribution in [0.2, 0.25) is 0 Å². The standard InChI is InChI=1S/C13H17NO4/c15-12(16)11-4-2-1-3-10(11)7-14-8-13(17)5-6-18-9-13/h1-4,14,17H,5-9H2,(H,15,16). The Labute approximate surface area is 105 Å². The quantitative estimate of drug-likeness (QED) is 0.715. The van der Waals surface area contributed by atoms with Crippen molar-refractivity contribution in [3.63, 3.8) is 0 Å². The van der Waals surface area contributed by atoms with E-state index in [-0.39, 0.29) is 0 Å². The summed E-state index contributed by atoms with van der Waals surface area (Å²) >= 11 is 0. The van der Waals surface area contributed by atoms with E-state index in [0.717, 1.165) is 0 Å². The normalized spacial score (nSPS) is 23.2.